The average Bonchev–Trinajstić information content (AvgIpc) is 2.81. The molecular formula is C22H21ClN6O2. The molecule has 1 saturated heterocycles. The second-order valence-corrected chi connectivity index (χ2v) is 7.44. The molecule has 1 fully saturated rings. The number of piperazine rings is 1. The van der Waals surface area contributed by atoms with Crippen LogP contribution in [0.25, 0.3) is 0 Å². The third kappa shape index (κ3) is 5.16. The molecule has 0 spiro atoms. The fraction of sp³-hybridized carbons (Fsp3) is 0.227. The van der Waals surface area contributed by atoms with Crippen LogP contribution in [-0.4, -0.2) is 57.8 Å². The lowest BCUT2D eigenvalue weighted by molar-refractivity contribution is -0.130. The van der Waals surface area contributed by atoms with Crippen molar-refractivity contribution in [3.05, 3.63) is 77.3 Å². The van der Waals surface area contributed by atoms with Crippen LogP contribution in [0.5, 0.6) is 0 Å². The van der Waals surface area contributed by atoms with Gasteiger partial charge in [0.2, 0.25) is 11.9 Å². The van der Waals surface area contributed by atoms with Gasteiger partial charge in [-0.1, -0.05) is 23.7 Å². The Morgan fingerprint density at radius 2 is 1.58 bits per heavy atom. The van der Waals surface area contributed by atoms with Crippen molar-refractivity contribution in [3.8, 4) is 0 Å². The second kappa shape index (κ2) is 9.53. The van der Waals surface area contributed by atoms with Crippen molar-refractivity contribution in [2.24, 2.45) is 0 Å². The van der Waals surface area contributed by atoms with Gasteiger partial charge < -0.3 is 15.1 Å². The molecule has 0 bridgehead atoms. The van der Waals surface area contributed by atoms with Crippen LogP contribution in [0.15, 0.2) is 61.1 Å². The number of amides is 2. The lowest BCUT2D eigenvalue weighted by Gasteiger charge is -2.34. The number of rotatable bonds is 5. The van der Waals surface area contributed by atoms with Gasteiger partial charge in [-0.05, 0) is 35.9 Å². The first-order chi connectivity index (χ1) is 15.1. The number of halogens is 1. The largest absolute Gasteiger partial charge is 0.339 e. The Morgan fingerprint density at radius 3 is 2.26 bits per heavy atom. The summed E-state index contributed by atoms with van der Waals surface area (Å²) in [6.45, 7) is 2.68. The van der Waals surface area contributed by atoms with Gasteiger partial charge in [0.25, 0.3) is 5.91 Å². The van der Waals surface area contributed by atoms with Crippen molar-refractivity contribution in [1.29, 1.82) is 0 Å². The number of anilines is 2. The quantitative estimate of drug-likeness (QED) is 0.618. The predicted molar refractivity (Wildman–Crippen MR) is 118 cm³/mol. The van der Waals surface area contributed by atoms with E-state index in [2.05, 4.69) is 25.2 Å². The Hall–Kier alpha value is -3.52. The standard InChI is InChI=1S/C22H21ClN6O2/c23-20-18(3-1-8-24-20)21(31)27-17-6-4-16(5-7-17)15-19(30)28-11-13-29(14-12-28)22-25-9-2-10-26-22/h1-10H,11-15H2,(H,27,31). The number of pyridine rings is 1. The molecule has 0 atom stereocenters. The molecule has 31 heavy (non-hydrogen) atoms. The number of carbonyl (C=O) groups excluding carboxylic acids is 2. The van der Waals surface area contributed by atoms with E-state index in [1.807, 2.05) is 17.0 Å². The molecule has 3 heterocycles. The Balaban J connectivity index is 1.29. The van der Waals surface area contributed by atoms with E-state index in [1.165, 1.54) is 6.20 Å². The van der Waals surface area contributed by atoms with Crippen LogP contribution in [0.2, 0.25) is 5.15 Å². The zero-order valence-electron chi connectivity index (χ0n) is 16.7. The first-order valence-corrected chi connectivity index (χ1v) is 10.3. The fourth-order valence-corrected chi connectivity index (χ4v) is 3.56. The van der Waals surface area contributed by atoms with Gasteiger partial charge in [-0.2, -0.15) is 0 Å². The normalized spacial score (nSPS) is 13.7. The summed E-state index contributed by atoms with van der Waals surface area (Å²) in [4.78, 5) is 41.4. The topological polar surface area (TPSA) is 91.3 Å². The summed E-state index contributed by atoms with van der Waals surface area (Å²) in [5, 5.41) is 2.94. The average molecular weight is 437 g/mol. The molecule has 1 N–H and O–H groups in total. The summed E-state index contributed by atoms with van der Waals surface area (Å²) in [6, 6.07) is 12.3. The van der Waals surface area contributed by atoms with Crippen LogP contribution in [0.4, 0.5) is 11.6 Å². The van der Waals surface area contributed by atoms with Crippen molar-refractivity contribution in [2.75, 3.05) is 36.4 Å². The summed E-state index contributed by atoms with van der Waals surface area (Å²) < 4.78 is 0. The zero-order chi connectivity index (χ0) is 21.6. The molecular weight excluding hydrogens is 416 g/mol. The molecule has 2 amide bonds. The van der Waals surface area contributed by atoms with Crippen LogP contribution in [0.1, 0.15) is 15.9 Å². The molecule has 8 nitrogen and oxygen atoms in total. The van der Waals surface area contributed by atoms with E-state index in [0.29, 0.717) is 49.8 Å². The molecule has 2 aromatic heterocycles. The lowest BCUT2D eigenvalue weighted by atomic mass is 10.1. The van der Waals surface area contributed by atoms with E-state index in [4.69, 9.17) is 11.6 Å². The molecule has 4 rings (SSSR count). The van der Waals surface area contributed by atoms with Crippen LogP contribution in [0, 0.1) is 0 Å². The molecule has 1 aliphatic heterocycles. The van der Waals surface area contributed by atoms with Crippen molar-refractivity contribution >= 4 is 35.1 Å². The van der Waals surface area contributed by atoms with Crippen molar-refractivity contribution < 1.29 is 9.59 Å². The zero-order valence-corrected chi connectivity index (χ0v) is 17.5. The minimum Gasteiger partial charge on any atom is -0.339 e. The van der Waals surface area contributed by atoms with E-state index >= 15 is 0 Å². The van der Waals surface area contributed by atoms with Gasteiger partial charge in [0.1, 0.15) is 5.15 Å². The summed E-state index contributed by atoms with van der Waals surface area (Å²) >= 11 is 5.96. The monoisotopic (exact) mass is 436 g/mol. The minimum absolute atomic E-state index is 0.0764. The van der Waals surface area contributed by atoms with E-state index in [0.717, 1.165) is 5.56 Å². The summed E-state index contributed by atoms with van der Waals surface area (Å²) in [6.07, 6.45) is 5.28. The Bertz CT molecular complexity index is 1050. The van der Waals surface area contributed by atoms with Gasteiger partial charge in [-0.3, -0.25) is 9.59 Å². The molecule has 1 aromatic carbocycles. The van der Waals surface area contributed by atoms with E-state index < -0.39 is 0 Å². The molecule has 9 heteroatoms. The number of nitrogens with zero attached hydrogens (tertiary/aromatic N) is 5. The van der Waals surface area contributed by atoms with E-state index in [-0.39, 0.29) is 17.0 Å². The first kappa shape index (κ1) is 20.7. The van der Waals surface area contributed by atoms with Gasteiger partial charge in [0, 0.05) is 50.5 Å². The SMILES string of the molecule is O=C(Nc1ccc(CC(=O)N2CCN(c3ncccn3)CC2)cc1)c1cccnc1Cl. The highest BCUT2D eigenvalue weighted by atomic mass is 35.5. The smallest absolute Gasteiger partial charge is 0.258 e. The number of hydrogen-bond donors (Lipinski definition) is 1. The number of carbonyl (C=O) groups is 2. The highest BCUT2D eigenvalue weighted by Gasteiger charge is 2.22. The van der Waals surface area contributed by atoms with Gasteiger partial charge in [-0.25, -0.2) is 15.0 Å². The molecule has 158 valence electrons. The summed E-state index contributed by atoms with van der Waals surface area (Å²) in [5.74, 6) is 0.439. The maximum absolute atomic E-state index is 12.7. The van der Waals surface area contributed by atoms with Crippen molar-refractivity contribution in [1.82, 2.24) is 19.9 Å². The first-order valence-electron chi connectivity index (χ1n) is 9.91. The number of hydrogen-bond acceptors (Lipinski definition) is 6. The van der Waals surface area contributed by atoms with Crippen LogP contribution < -0.4 is 10.2 Å². The third-order valence-electron chi connectivity index (χ3n) is 5.04. The molecule has 3 aromatic rings. The van der Waals surface area contributed by atoms with Crippen molar-refractivity contribution in [2.45, 2.75) is 6.42 Å². The van der Waals surface area contributed by atoms with Crippen LogP contribution >= 0.6 is 11.6 Å². The third-order valence-corrected chi connectivity index (χ3v) is 5.34. The van der Waals surface area contributed by atoms with E-state index in [1.54, 1.807) is 42.7 Å². The Labute approximate surface area is 184 Å². The molecule has 0 saturated carbocycles. The number of nitrogens with one attached hydrogen (secondary N) is 1. The van der Waals surface area contributed by atoms with Gasteiger partial charge in [-0.15, -0.1) is 0 Å². The lowest BCUT2D eigenvalue weighted by Crippen LogP contribution is -2.49. The predicted octanol–water partition coefficient (Wildman–Crippen LogP) is 2.67. The van der Waals surface area contributed by atoms with Gasteiger partial charge in [0.05, 0.1) is 12.0 Å². The molecule has 0 aliphatic carbocycles. The van der Waals surface area contributed by atoms with E-state index in [9.17, 15) is 9.59 Å². The highest BCUT2D eigenvalue weighted by molar-refractivity contribution is 6.33. The number of aromatic nitrogens is 3. The second-order valence-electron chi connectivity index (χ2n) is 7.09. The number of benzene rings is 1. The van der Waals surface area contributed by atoms with Crippen LogP contribution in [0.3, 0.4) is 0 Å². The molecule has 0 radical (unpaired) electrons. The maximum Gasteiger partial charge on any atom is 0.258 e. The maximum atomic E-state index is 12.7. The summed E-state index contributed by atoms with van der Waals surface area (Å²) in [7, 11) is 0. The minimum atomic E-state index is -0.331. The van der Waals surface area contributed by atoms with Gasteiger partial charge >= 0.3 is 0 Å². The molecule has 0 unspecified atom stereocenters. The van der Waals surface area contributed by atoms with Crippen molar-refractivity contribution in [3.63, 3.8) is 0 Å². The Morgan fingerprint density at radius 1 is 0.903 bits per heavy atom. The van der Waals surface area contributed by atoms with Crippen LogP contribution in [-0.2, 0) is 11.2 Å². The fourth-order valence-electron chi connectivity index (χ4n) is 3.36. The Kier molecular flexibility index (Phi) is 6.37. The highest BCUT2D eigenvalue weighted by Crippen LogP contribution is 2.17. The molecule has 1 aliphatic rings. The summed E-state index contributed by atoms with van der Waals surface area (Å²) in [5.41, 5.74) is 1.82. The van der Waals surface area contributed by atoms with Gasteiger partial charge in [0.15, 0.2) is 0 Å².